The Kier molecular flexibility index (Phi) is 8.56. The minimum absolute atomic E-state index is 0.148. The number of alkyl halides is 6. The normalized spacial score (nSPS) is 12.2. The molecule has 4 aromatic rings. The van der Waals surface area contributed by atoms with Crippen LogP contribution in [0.4, 0.5) is 32.0 Å². The Balaban J connectivity index is 2.05. The van der Waals surface area contributed by atoms with Gasteiger partial charge in [0, 0.05) is 20.6 Å². The number of hydrogen-bond acceptors (Lipinski definition) is 1. The van der Waals surface area contributed by atoms with Gasteiger partial charge in [0.25, 0.3) is 0 Å². The average molecular weight is 689 g/mol. The van der Waals surface area contributed by atoms with Crippen molar-refractivity contribution < 1.29 is 26.3 Å². The molecule has 1 N–H and O–H groups in total. The van der Waals surface area contributed by atoms with Crippen molar-refractivity contribution in [2.75, 3.05) is 5.09 Å². The first-order chi connectivity index (χ1) is 18.2. The molecular formula is C29H22Br2F6NP. The third-order valence-electron chi connectivity index (χ3n) is 6.27. The molecule has 0 amide bonds. The number of nitrogens with one attached hydrogen (secondary N) is 1. The maximum atomic E-state index is 14.1. The van der Waals surface area contributed by atoms with Crippen molar-refractivity contribution in [1.29, 1.82) is 0 Å². The van der Waals surface area contributed by atoms with Gasteiger partial charge in [-0.15, -0.1) is 0 Å². The van der Waals surface area contributed by atoms with E-state index in [4.69, 9.17) is 0 Å². The van der Waals surface area contributed by atoms with Crippen LogP contribution in [0.15, 0.2) is 81.7 Å². The van der Waals surface area contributed by atoms with Crippen LogP contribution < -0.4 is 15.7 Å². The zero-order valence-electron chi connectivity index (χ0n) is 20.9. The Labute approximate surface area is 240 Å². The number of anilines is 1. The third kappa shape index (κ3) is 6.06. The third-order valence-corrected chi connectivity index (χ3v) is 10.2. The number of rotatable bonds is 5. The number of benzene rings is 4. The number of aryl methyl sites for hydroxylation is 2. The molecule has 0 unspecified atom stereocenters. The molecule has 0 aliphatic carbocycles. The van der Waals surface area contributed by atoms with E-state index in [1.54, 1.807) is 6.92 Å². The first kappa shape index (κ1) is 29.6. The predicted octanol–water partition coefficient (Wildman–Crippen LogP) is 10.3. The first-order valence-electron chi connectivity index (χ1n) is 11.7. The smallest absolute Gasteiger partial charge is 0.356 e. The average Bonchev–Trinajstić information content (AvgIpc) is 2.87. The standard InChI is InChI=1S/C29H22Br2F6NP/c1-16-14-21(28(32,33)34)25(30)18(3)23(16)24-17(2)15-22(29(35,36)37)26(31)27(24)38-39(19-10-6-4-7-11-19)20-12-8-5-9-13-20/h4-15,38H,1-3H3. The maximum absolute atomic E-state index is 14.1. The van der Waals surface area contributed by atoms with Gasteiger partial charge < -0.3 is 5.09 Å². The van der Waals surface area contributed by atoms with Crippen LogP contribution in [-0.2, 0) is 12.4 Å². The number of hydrogen-bond donors (Lipinski definition) is 1. The maximum Gasteiger partial charge on any atom is 0.417 e. The Bertz CT molecular complexity index is 1460. The fraction of sp³-hybridized carbons (Fsp3) is 0.172. The monoisotopic (exact) mass is 687 g/mol. The summed E-state index contributed by atoms with van der Waals surface area (Å²) in [5, 5.41) is 5.14. The molecule has 0 atom stereocenters. The van der Waals surface area contributed by atoms with Crippen LogP contribution in [0.1, 0.15) is 27.8 Å². The molecule has 10 heteroatoms. The second-order valence-electron chi connectivity index (χ2n) is 8.97. The van der Waals surface area contributed by atoms with E-state index in [1.807, 2.05) is 60.7 Å². The van der Waals surface area contributed by atoms with Crippen LogP contribution >= 0.6 is 39.9 Å². The molecule has 39 heavy (non-hydrogen) atoms. The van der Waals surface area contributed by atoms with Gasteiger partial charge in [0.05, 0.1) is 29.4 Å². The van der Waals surface area contributed by atoms with E-state index in [-0.39, 0.29) is 25.8 Å². The summed E-state index contributed by atoms with van der Waals surface area (Å²) in [5.41, 5.74) is 0.146. The Morgan fingerprint density at radius 1 is 0.615 bits per heavy atom. The molecule has 1 nitrogen and oxygen atoms in total. The summed E-state index contributed by atoms with van der Waals surface area (Å²) in [6.07, 6.45) is -9.26. The largest absolute Gasteiger partial charge is 0.417 e. The van der Waals surface area contributed by atoms with Gasteiger partial charge in [0.2, 0.25) is 0 Å². The van der Waals surface area contributed by atoms with E-state index in [2.05, 4.69) is 36.9 Å². The molecule has 0 aliphatic heterocycles. The predicted molar refractivity (Wildman–Crippen MR) is 154 cm³/mol. The minimum Gasteiger partial charge on any atom is -0.356 e. The lowest BCUT2D eigenvalue weighted by molar-refractivity contribution is -0.139. The molecule has 0 bridgehead atoms. The summed E-state index contributed by atoms with van der Waals surface area (Å²) in [5.74, 6) is 0. The first-order valence-corrected chi connectivity index (χ1v) is 14.6. The highest BCUT2D eigenvalue weighted by Gasteiger charge is 2.38. The molecule has 4 aromatic carbocycles. The summed E-state index contributed by atoms with van der Waals surface area (Å²) in [7, 11) is -1.40. The topological polar surface area (TPSA) is 12.0 Å². The highest BCUT2D eigenvalue weighted by molar-refractivity contribution is 9.11. The van der Waals surface area contributed by atoms with Crippen LogP contribution in [0.2, 0.25) is 0 Å². The van der Waals surface area contributed by atoms with Gasteiger partial charge in [0.1, 0.15) is 0 Å². The fourth-order valence-electron chi connectivity index (χ4n) is 4.52. The van der Waals surface area contributed by atoms with Gasteiger partial charge in [-0.3, -0.25) is 0 Å². The Hall–Kier alpha value is -2.35. The fourth-order valence-corrected chi connectivity index (χ4v) is 7.79. The molecule has 0 aromatic heterocycles. The van der Waals surface area contributed by atoms with Crippen LogP contribution in [-0.4, -0.2) is 0 Å². The van der Waals surface area contributed by atoms with E-state index in [0.29, 0.717) is 16.7 Å². The lowest BCUT2D eigenvalue weighted by Crippen LogP contribution is -2.19. The highest BCUT2D eigenvalue weighted by atomic mass is 79.9. The second kappa shape index (κ2) is 11.3. The zero-order chi connectivity index (χ0) is 28.7. The van der Waals surface area contributed by atoms with Crippen molar-refractivity contribution in [3.8, 4) is 11.1 Å². The molecule has 0 saturated heterocycles. The molecule has 0 heterocycles. The Morgan fingerprint density at radius 3 is 1.46 bits per heavy atom. The minimum atomic E-state index is -4.66. The number of halogens is 8. The van der Waals surface area contributed by atoms with Crippen LogP contribution in [0.3, 0.4) is 0 Å². The molecule has 0 spiro atoms. The van der Waals surface area contributed by atoms with Crippen molar-refractivity contribution in [1.82, 2.24) is 0 Å². The van der Waals surface area contributed by atoms with Crippen molar-refractivity contribution in [2.45, 2.75) is 33.1 Å². The molecule has 4 rings (SSSR count). The SMILES string of the molecule is Cc1cc(C(F)(F)F)c(Br)c(C)c1-c1c(C)cc(C(F)(F)F)c(Br)c1NP(c1ccccc1)c1ccccc1. The highest BCUT2D eigenvalue weighted by Crippen LogP contribution is 2.51. The summed E-state index contributed by atoms with van der Waals surface area (Å²) in [4.78, 5) is 0. The van der Waals surface area contributed by atoms with Crippen molar-refractivity contribution in [3.05, 3.63) is 110 Å². The van der Waals surface area contributed by atoms with E-state index in [9.17, 15) is 26.3 Å². The molecule has 0 radical (unpaired) electrons. The molecular weight excluding hydrogens is 667 g/mol. The van der Waals surface area contributed by atoms with Gasteiger partial charge in [-0.25, -0.2) is 0 Å². The zero-order valence-corrected chi connectivity index (χ0v) is 25.0. The van der Waals surface area contributed by atoms with Crippen molar-refractivity contribution in [3.63, 3.8) is 0 Å². The van der Waals surface area contributed by atoms with E-state index < -0.39 is 31.6 Å². The lowest BCUT2D eigenvalue weighted by atomic mass is 9.88. The Morgan fingerprint density at radius 2 is 1.03 bits per heavy atom. The van der Waals surface area contributed by atoms with Crippen LogP contribution in [0, 0.1) is 20.8 Å². The van der Waals surface area contributed by atoms with E-state index in [0.717, 1.165) is 22.7 Å². The van der Waals surface area contributed by atoms with E-state index >= 15 is 0 Å². The molecule has 0 fully saturated rings. The van der Waals surface area contributed by atoms with Gasteiger partial charge in [-0.1, -0.05) is 60.7 Å². The van der Waals surface area contributed by atoms with Crippen LogP contribution in [0.5, 0.6) is 0 Å². The van der Waals surface area contributed by atoms with E-state index in [1.165, 1.54) is 13.8 Å². The summed E-state index contributed by atoms with van der Waals surface area (Å²) in [6, 6.07) is 20.7. The van der Waals surface area contributed by atoms with Gasteiger partial charge in [-0.05, 0) is 87.0 Å². The van der Waals surface area contributed by atoms with Crippen molar-refractivity contribution >= 4 is 56.2 Å². The molecule has 204 valence electrons. The van der Waals surface area contributed by atoms with Gasteiger partial charge in [0.15, 0.2) is 0 Å². The second-order valence-corrected chi connectivity index (χ2v) is 12.5. The lowest BCUT2D eigenvalue weighted by Gasteiger charge is -2.28. The summed E-state index contributed by atoms with van der Waals surface area (Å²) < 4.78 is 83.3. The van der Waals surface area contributed by atoms with Gasteiger partial charge >= 0.3 is 12.4 Å². The van der Waals surface area contributed by atoms with Gasteiger partial charge in [-0.2, -0.15) is 26.3 Å². The van der Waals surface area contributed by atoms with Crippen molar-refractivity contribution in [2.24, 2.45) is 0 Å². The summed E-state index contributed by atoms with van der Waals surface area (Å²) in [6.45, 7) is 4.61. The molecule has 0 aliphatic rings. The summed E-state index contributed by atoms with van der Waals surface area (Å²) >= 11 is 6.33. The molecule has 0 saturated carbocycles. The quantitative estimate of drug-likeness (QED) is 0.163. The van der Waals surface area contributed by atoms with Crippen LogP contribution in [0.25, 0.3) is 11.1 Å².